The van der Waals surface area contributed by atoms with Crippen molar-refractivity contribution in [2.24, 2.45) is 0 Å². The van der Waals surface area contributed by atoms with E-state index in [4.69, 9.17) is 0 Å². The highest BCUT2D eigenvalue weighted by Crippen LogP contribution is 2.26. The number of fused-ring (bicyclic) bond motifs is 1. The van der Waals surface area contributed by atoms with Crippen LogP contribution in [0.2, 0.25) is 0 Å². The highest BCUT2D eigenvalue weighted by atomic mass is 79.9. The molecule has 19 heavy (non-hydrogen) atoms. The third kappa shape index (κ3) is 2.72. The summed E-state index contributed by atoms with van der Waals surface area (Å²) in [6.45, 7) is 0. The minimum Gasteiger partial charge on any atom is -0.391 e. The van der Waals surface area contributed by atoms with Crippen molar-refractivity contribution in [3.05, 3.63) is 29.0 Å². The lowest BCUT2D eigenvalue weighted by Gasteiger charge is -2.29. The Balaban J connectivity index is 1.92. The largest absolute Gasteiger partial charge is 0.391 e. The molecule has 0 aromatic carbocycles. The number of hydrogen-bond donors (Lipinski definition) is 2. The first-order valence-corrected chi connectivity index (χ1v) is 7.38. The normalized spacial score (nSPS) is 23.5. The van der Waals surface area contributed by atoms with Gasteiger partial charge in [-0.2, -0.15) is 0 Å². The summed E-state index contributed by atoms with van der Waals surface area (Å²) < 4.78 is 0.919. The molecule has 0 aliphatic heterocycles. The molecule has 2 heterocycles. The summed E-state index contributed by atoms with van der Waals surface area (Å²) in [6.07, 6.45) is 7.42. The molecule has 2 aromatic heterocycles. The maximum Gasteiger partial charge on any atom is 0.112 e. The number of aliphatic hydroxyl groups excluding tert-OH is 1. The molecular formula is C14H16BrN3O. The van der Waals surface area contributed by atoms with E-state index in [9.17, 15) is 5.11 Å². The Morgan fingerprint density at radius 1 is 1.26 bits per heavy atom. The van der Waals surface area contributed by atoms with E-state index in [1.807, 2.05) is 12.1 Å². The van der Waals surface area contributed by atoms with Crippen LogP contribution in [-0.4, -0.2) is 27.2 Å². The summed E-state index contributed by atoms with van der Waals surface area (Å²) in [6, 6.07) is 3.99. The summed E-state index contributed by atoms with van der Waals surface area (Å²) in [5.41, 5.74) is 2.65. The molecule has 4 nitrogen and oxygen atoms in total. The Bertz CT molecular complexity index is 590. The lowest BCUT2D eigenvalue weighted by molar-refractivity contribution is 0.116. The lowest BCUT2D eigenvalue weighted by atomic mass is 9.92. The number of nitrogens with zero attached hydrogens (tertiary/aromatic N) is 2. The third-order valence-corrected chi connectivity index (χ3v) is 4.05. The molecule has 0 saturated heterocycles. The van der Waals surface area contributed by atoms with Crippen molar-refractivity contribution in [3.8, 4) is 0 Å². The molecule has 0 spiro atoms. The van der Waals surface area contributed by atoms with Crippen LogP contribution in [0.4, 0.5) is 5.69 Å². The molecule has 1 aliphatic rings. The van der Waals surface area contributed by atoms with Crippen molar-refractivity contribution >= 4 is 32.7 Å². The fraction of sp³-hybridized carbons (Fsp3) is 0.429. The highest BCUT2D eigenvalue weighted by Gasteiger charge is 2.23. The van der Waals surface area contributed by atoms with Gasteiger partial charge in [0.25, 0.3) is 0 Å². The summed E-state index contributed by atoms with van der Waals surface area (Å²) in [4.78, 5) is 8.74. The lowest BCUT2D eigenvalue weighted by Crippen LogP contribution is -2.36. The van der Waals surface area contributed by atoms with Crippen LogP contribution >= 0.6 is 15.9 Å². The van der Waals surface area contributed by atoms with Crippen LogP contribution in [0, 0.1) is 0 Å². The molecule has 3 rings (SSSR count). The van der Waals surface area contributed by atoms with Crippen LogP contribution < -0.4 is 5.32 Å². The quantitative estimate of drug-likeness (QED) is 0.892. The molecule has 0 bridgehead atoms. The first-order chi connectivity index (χ1) is 9.24. The van der Waals surface area contributed by atoms with Gasteiger partial charge in [0.1, 0.15) is 5.52 Å². The molecule has 2 N–H and O–H groups in total. The Hall–Kier alpha value is -1.20. The van der Waals surface area contributed by atoms with Crippen molar-refractivity contribution in [1.82, 2.24) is 9.97 Å². The van der Waals surface area contributed by atoms with Gasteiger partial charge in [-0.3, -0.25) is 9.97 Å². The topological polar surface area (TPSA) is 58.0 Å². The van der Waals surface area contributed by atoms with Crippen molar-refractivity contribution in [2.75, 3.05) is 5.32 Å². The minimum absolute atomic E-state index is 0.116. The molecule has 1 saturated carbocycles. The summed E-state index contributed by atoms with van der Waals surface area (Å²) in [5.74, 6) is 0. The van der Waals surface area contributed by atoms with E-state index in [-0.39, 0.29) is 12.1 Å². The smallest absolute Gasteiger partial charge is 0.112 e. The van der Waals surface area contributed by atoms with Gasteiger partial charge in [0.05, 0.1) is 23.3 Å². The zero-order chi connectivity index (χ0) is 13.2. The Morgan fingerprint density at radius 2 is 2.11 bits per heavy atom. The van der Waals surface area contributed by atoms with Gasteiger partial charge in [0.15, 0.2) is 0 Å². The van der Waals surface area contributed by atoms with Gasteiger partial charge in [-0.1, -0.05) is 12.8 Å². The van der Waals surface area contributed by atoms with Crippen LogP contribution in [0.15, 0.2) is 29.0 Å². The number of aliphatic hydroxyl groups is 1. The van der Waals surface area contributed by atoms with Gasteiger partial charge < -0.3 is 10.4 Å². The van der Waals surface area contributed by atoms with E-state index >= 15 is 0 Å². The van der Waals surface area contributed by atoms with E-state index in [0.717, 1.165) is 46.9 Å². The summed E-state index contributed by atoms with van der Waals surface area (Å²) in [7, 11) is 0. The minimum atomic E-state index is -0.271. The maximum absolute atomic E-state index is 10.0. The monoisotopic (exact) mass is 321 g/mol. The number of hydrogen-bond acceptors (Lipinski definition) is 4. The molecule has 0 radical (unpaired) electrons. The van der Waals surface area contributed by atoms with E-state index < -0.39 is 0 Å². The van der Waals surface area contributed by atoms with Gasteiger partial charge in [0.2, 0.25) is 0 Å². The summed E-state index contributed by atoms with van der Waals surface area (Å²) in [5, 5.41) is 13.5. The average molecular weight is 322 g/mol. The van der Waals surface area contributed by atoms with E-state index in [2.05, 4.69) is 31.2 Å². The van der Waals surface area contributed by atoms with Gasteiger partial charge >= 0.3 is 0 Å². The first-order valence-electron chi connectivity index (χ1n) is 6.59. The van der Waals surface area contributed by atoms with E-state index in [0.29, 0.717) is 0 Å². The van der Waals surface area contributed by atoms with Crippen LogP contribution in [-0.2, 0) is 0 Å². The molecule has 2 aromatic rings. The Labute approximate surface area is 120 Å². The van der Waals surface area contributed by atoms with Crippen molar-refractivity contribution in [2.45, 2.75) is 37.8 Å². The van der Waals surface area contributed by atoms with Crippen molar-refractivity contribution < 1.29 is 5.11 Å². The molecule has 2 atom stereocenters. The van der Waals surface area contributed by atoms with E-state index in [1.165, 1.54) is 0 Å². The highest BCUT2D eigenvalue weighted by molar-refractivity contribution is 9.10. The van der Waals surface area contributed by atoms with E-state index in [1.54, 1.807) is 12.4 Å². The van der Waals surface area contributed by atoms with Crippen LogP contribution in [0.5, 0.6) is 0 Å². The fourth-order valence-corrected chi connectivity index (χ4v) is 2.92. The zero-order valence-electron chi connectivity index (χ0n) is 10.5. The molecule has 100 valence electrons. The Kier molecular flexibility index (Phi) is 3.66. The predicted octanol–water partition coefficient (Wildman–Crippen LogP) is 3.11. The second-order valence-corrected chi connectivity index (χ2v) is 5.90. The number of anilines is 1. The van der Waals surface area contributed by atoms with Gasteiger partial charge in [-0.25, -0.2) is 0 Å². The van der Waals surface area contributed by atoms with Crippen LogP contribution in [0.25, 0.3) is 11.0 Å². The standard InChI is InChI=1S/C14H16BrN3O/c15-9-7-12-14(17-8-9)11(5-6-16-12)18-10-3-1-2-4-13(10)19/h5-8,10,13,19H,1-4H2,(H,16,18)/t10-,13-/m0/s1. The number of halogens is 1. The second kappa shape index (κ2) is 5.43. The molecule has 0 amide bonds. The molecule has 0 unspecified atom stereocenters. The first kappa shape index (κ1) is 12.8. The predicted molar refractivity (Wildman–Crippen MR) is 79.1 cm³/mol. The Morgan fingerprint density at radius 3 is 2.95 bits per heavy atom. The number of nitrogens with one attached hydrogen (secondary N) is 1. The molecule has 1 aliphatic carbocycles. The SMILES string of the molecule is O[C@H]1CCCC[C@@H]1Nc1ccnc2cc(Br)cnc12. The average Bonchev–Trinajstić information content (AvgIpc) is 2.41. The molecular weight excluding hydrogens is 306 g/mol. The van der Waals surface area contributed by atoms with Gasteiger partial charge in [-0.05, 0) is 40.9 Å². The fourth-order valence-electron chi connectivity index (χ4n) is 2.60. The maximum atomic E-state index is 10.0. The summed E-state index contributed by atoms with van der Waals surface area (Å²) >= 11 is 3.40. The van der Waals surface area contributed by atoms with Crippen molar-refractivity contribution in [3.63, 3.8) is 0 Å². The third-order valence-electron chi connectivity index (χ3n) is 3.61. The molecule has 5 heteroatoms. The molecule has 1 fully saturated rings. The van der Waals surface area contributed by atoms with Crippen LogP contribution in [0.3, 0.4) is 0 Å². The number of rotatable bonds is 2. The van der Waals surface area contributed by atoms with Gasteiger partial charge in [0, 0.05) is 16.9 Å². The zero-order valence-corrected chi connectivity index (χ0v) is 12.1. The van der Waals surface area contributed by atoms with Crippen LogP contribution in [0.1, 0.15) is 25.7 Å². The van der Waals surface area contributed by atoms with Gasteiger partial charge in [-0.15, -0.1) is 0 Å². The number of pyridine rings is 2. The second-order valence-electron chi connectivity index (χ2n) is 4.98. The number of aromatic nitrogens is 2. The van der Waals surface area contributed by atoms with Crippen molar-refractivity contribution in [1.29, 1.82) is 0 Å².